The average Bonchev–Trinajstić information content (AvgIpc) is 3.79. The summed E-state index contributed by atoms with van der Waals surface area (Å²) in [4.78, 5) is 139. The molecule has 436 valence electrons. The molecule has 0 aliphatic carbocycles. The fourth-order valence-corrected chi connectivity index (χ4v) is 8.93. The lowest BCUT2D eigenvalue weighted by Gasteiger charge is -2.34. The molecule has 0 aromatic heterocycles. The smallest absolute Gasteiger partial charge is 0.246 e. The Labute approximate surface area is 455 Å². The second-order valence-corrected chi connectivity index (χ2v) is 24.1. The van der Waals surface area contributed by atoms with Crippen molar-refractivity contribution in [2.24, 2.45) is 17.8 Å². The van der Waals surface area contributed by atoms with E-state index in [0.717, 1.165) is 32.1 Å². The quantitative estimate of drug-likeness (QED) is 0.0423. The molecule has 0 saturated carbocycles. The minimum absolute atomic E-state index is 0.0313. The Bertz CT molecular complexity index is 1950. The number of carbonyl (C=O) groups is 10. The van der Waals surface area contributed by atoms with Crippen LogP contribution in [0.25, 0.3) is 0 Å². The van der Waals surface area contributed by atoms with Crippen LogP contribution in [0.3, 0.4) is 0 Å². The summed E-state index contributed by atoms with van der Waals surface area (Å²) in [6, 6.07) is -5.17. The zero-order chi connectivity index (χ0) is 58.3. The van der Waals surface area contributed by atoms with Crippen LogP contribution in [-0.2, 0) is 47.9 Å². The lowest BCUT2D eigenvalue weighted by atomic mass is 9.96. The van der Waals surface area contributed by atoms with Gasteiger partial charge in [-0.3, -0.25) is 47.9 Å². The van der Waals surface area contributed by atoms with Crippen LogP contribution in [0.15, 0.2) is 0 Å². The maximum absolute atomic E-state index is 14.2. The molecular weight excluding hydrogens is 975 g/mol. The van der Waals surface area contributed by atoms with E-state index in [1.807, 2.05) is 67.5 Å². The third-order valence-corrected chi connectivity index (χ3v) is 13.1. The third-order valence-electron chi connectivity index (χ3n) is 13.1. The molecule has 1 rings (SSSR count). The highest BCUT2D eigenvalue weighted by Crippen LogP contribution is 2.20. The number of hydrogen-bond donors (Lipinski definition) is 9. The summed E-state index contributed by atoms with van der Waals surface area (Å²) in [6.07, 6.45) is 7.75. The highest BCUT2D eigenvalue weighted by atomic mass is 16.2. The van der Waals surface area contributed by atoms with Gasteiger partial charge < -0.3 is 57.7 Å². The first-order chi connectivity index (χ1) is 35.1. The topological polar surface area (TPSA) is 285 Å². The van der Waals surface area contributed by atoms with Crippen LogP contribution in [0.4, 0.5) is 0 Å². The van der Waals surface area contributed by atoms with Crippen LogP contribution in [0.2, 0.25) is 0 Å². The molecule has 1 saturated heterocycles. The Hall–Kier alpha value is -5.34. The summed E-state index contributed by atoms with van der Waals surface area (Å²) < 4.78 is 0. The maximum atomic E-state index is 14.2. The molecule has 0 aromatic rings. The molecule has 6 atom stereocenters. The minimum atomic E-state index is -1.62. The van der Waals surface area contributed by atoms with Crippen molar-refractivity contribution in [1.29, 1.82) is 0 Å². The summed E-state index contributed by atoms with van der Waals surface area (Å²) in [6.45, 7) is 26.6. The van der Waals surface area contributed by atoms with Gasteiger partial charge in [-0.2, -0.15) is 0 Å². The molecular formula is C55H101N11O10. The van der Waals surface area contributed by atoms with E-state index in [2.05, 4.69) is 54.8 Å². The van der Waals surface area contributed by atoms with Gasteiger partial charge in [0.25, 0.3) is 0 Å². The van der Waals surface area contributed by atoms with Gasteiger partial charge in [-0.15, -0.1) is 0 Å². The van der Waals surface area contributed by atoms with Crippen molar-refractivity contribution >= 4 is 59.1 Å². The van der Waals surface area contributed by atoms with Crippen LogP contribution >= 0.6 is 0 Å². The van der Waals surface area contributed by atoms with Crippen molar-refractivity contribution in [1.82, 2.24) is 57.7 Å². The zero-order valence-corrected chi connectivity index (χ0v) is 49.5. The summed E-state index contributed by atoms with van der Waals surface area (Å²) in [5.74, 6) is -5.65. The Morgan fingerprint density at radius 1 is 0.553 bits per heavy atom. The molecule has 5 unspecified atom stereocenters. The first-order valence-electron chi connectivity index (χ1n) is 27.8. The third kappa shape index (κ3) is 25.2. The van der Waals surface area contributed by atoms with Crippen molar-refractivity contribution in [2.75, 3.05) is 33.7 Å². The van der Waals surface area contributed by atoms with Crippen molar-refractivity contribution in [3.63, 3.8) is 0 Å². The molecule has 1 aliphatic heterocycles. The monoisotopic (exact) mass is 1080 g/mol. The van der Waals surface area contributed by atoms with E-state index in [-0.39, 0.29) is 67.8 Å². The molecule has 0 bridgehead atoms. The summed E-state index contributed by atoms with van der Waals surface area (Å²) in [7, 11) is 3.79. The fourth-order valence-electron chi connectivity index (χ4n) is 8.93. The number of rotatable bonds is 34. The molecule has 21 nitrogen and oxygen atoms in total. The number of amides is 10. The second-order valence-electron chi connectivity index (χ2n) is 24.1. The molecule has 1 aliphatic rings. The van der Waals surface area contributed by atoms with E-state index >= 15 is 0 Å². The Morgan fingerprint density at radius 2 is 1.01 bits per heavy atom. The molecule has 0 spiro atoms. The van der Waals surface area contributed by atoms with E-state index in [1.54, 1.807) is 0 Å². The Morgan fingerprint density at radius 3 is 1.50 bits per heavy atom. The SMILES string of the molecule is CCCCCCCCC(NC(=O)[C@@H]1CCCN1C(C)=O)C(=O)NC(CC(C)C)C(=O)NC(C)(C)C(=O)NC(CC(C)C)C(=O)NC(CC(C)C)C(=O)NC(C)(C)C(=O)NC(C)(C)C(=O)NCCC(=O)NC(C)CN(C)C. The molecule has 9 N–H and O–H groups in total. The van der Waals surface area contributed by atoms with Crippen molar-refractivity contribution < 1.29 is 47.9 Å². The second kappa shape index (κ2) is 32.4. The van der Waals surface area contributed by atoms with E-state index in [4.69, 9.17) is 0 Å². The average molecular weight is 1080 g/mol. The van der Waals surface area contributed by atoms with Gasteiger partial charge in [0.1, 0.15) is 46.8 Å². The molecule has 10 amide bonds. The standard InChI is InChI=1S/C55H101N11O10/c1-18-19-20-21-22-23-25-39(58-49(73)43-26-24-29-66(43)38(9)67)45(69)59-41(31-35(4)5)47(71)62-54(12,13)51(75)61-40(30-34(2)3)46(70)60-42(32-36(6)7)48(72)63-55(14,15)52(76)64-53(10,11)50(74)56-28-27-44(68)57-37(8)33-65(16)17/h34-37,39-43H,18-33H2,1-17H3,(H,56,74)(H,57,68)(H,58,73)(H,59,69)(H,60,70)(H,61,75)(H,62,71)(H,63,72)(H,64,76)/t37?,39?,40?,41?,42?,43-/m0/s1. The van der Waals surface area contributed by atoms with Gasteiger partial charge >= 0.3 is 0 Å². The van der Waals surface area contributed by atoms with E-state index < -0.39 is 94.1 Å². The van der Waals surface area contributed by atoms with Crippen LogP contribution in [0, 0.1) is 17.8 Å². The van der Waals surface area contributed by atoms with Crippen molar-refractivity contribution in [3.05, 3.63) is 0 Å². The number of likely N-dealkylation sites (tertiary alicyclic amines) is 1. The van der Waals surface area contributed by atoms with Gasteiger partial charge in [0.15, 0.2) is 0 Å². The molecule has 0 radical (unpaired) electrons. The highest BCUT2D eigenvalue weighted by Gasteiger charge is 2.41. The maximum Gasteiger partial charge on any atom is 0.246 e. The van der Waals surface area contributed by atoms with E-state index in [0.29, 0.717) is 38.8 Å². The van der Waals surface area contributed by atoms with E-state index in [1.165, 1.54) is 53.4 Å². The minimum Gasteiger partial charge on any atom is -0.354 e. The zero-order valence-electron chi connectivity index (χ0n) is 49.5. The van der Waals surface area contributed by atoms with Gasteiger partial charge in [-0.25, -0.2) is 0 Å². The number of likely N-dealkylation sites (N-methyl/N-ethyl adjacent to an activating group) is 1. The predicted molar refractivity (Wildman–Crippen MR) is 295 cm³/mol. The van der Waals surface area contributed by atoms with Crippen LogP contribution in [-0.4, -0.2) is 155 Å². The Balaban J connectivity index is 3.21. The number of hydrogen-bond acceptors (Lipinski definition) is 11. The summed E-state index contributed by atoms with van der Waals surface area (Å²) in [5, 5.41) is 25.1. The number of nitrogens with one attached hydrogen (secondary N) is 9. The van der Waals surface area contributed by atoms with Crippen LogP contribution in [0.1, 0.15) is 187 Å². The van der Waals surface area contributed by atoms with E-state index in [9.17, 15) is 47.9 Å². The lowest BCUT2D eigenvalue weighted by Crippen LogP contribution is -2.65. The number of unbranched alkanes of at least 4 members (excludes halogenated alkanes) is 5. The number of nitrogens with zero attached hydrogens (tertiary/aromatic N) is 2. The highest BCUT2D eigenvalue weighted by molar-refractivity contribution is 6.00. The summed E-state index contributed by atoms with van der Waals surface area (Å²) >= 11 is 0. The lowest BCUT2D eigenvalue weighted by molar-refractivity contribution is -0.139. The van der Waals surface area contributed by atoms with Crippen molar-refractivity contribution in [2.45, 2.75) is 240 Å². The molecule has 76 heavy (non-hydrogen) atoms. The first-order valence-corrected chi connectivity index (χ1v) is 27.8. The van der Waals surface area contributed by atoms with Crippen LogP contribution < -0.4 is 47.9 Å². The first kappa shape index (κ1) is 68.7. The van der Waals surface area contributed by atoms with Gasteiger partial charge in [0.05, 0.1) is 0 Å². The van der Waals surface area contributed by atoms with Crippen molar-refractivity contribution in [3.8, 4) is 0 Å². The predicted octanol–water partition coefficient (Wildman–Crippen LogP) is 3.08. The normalized spacial score (nSPS) is 16.0. The molecule has 1 heterocycles. The fraction of sp³-hybridized carbons (Fsp3) is 0.818. The van der Waals surface area contributed by atoms with Gasteiger partial charge in [0, 0.05) is 39.0 Å². The number of carbonyl (C=O) groups excluding carboxylic acids is 10. The molecule has 21 heteroatoms. The van der Waals surface area contributed by atoms with Crippen LogP contribution in [0.5, 0.6) is 0 Å². The molecule has 1 fully saturated rings. The summed E-state index contributed by atoms with van der Waals surface area (Å²) in [5.41, 5.74) is -4.63. The Kier molecular flexibility index (Phi) is 29.3. The molecule has 0 aromatic carbocycles. The van der Waals surface area contributed by atoms with Gasteiger partial charge in [-0.1, -0.05) is 87.0 Å². The van der Waals surface area contributed by atoms with Gasteiger partial charge in [0.2, 0.25) is 59.1 Å². The largest absolute Gasteiger partial charge is 0.354 e. The van der Waals surface area contributed by atoms with Gasteiger partial charge in [-0.05, 0) is 119 Å².